The van der Waals surface area contributed by atoms with Gasteiger partial charge in [-0.1, -0.05) is 20.3 Å². The Hall–Kier alpha value is -0.515. The topological polar surface area (TPSA) is 33.7 Å². The summed E-state index contributed by atoms with van der Waals surface area (Å²) in [4.78, 5) is 0. The Labute approximate surface area is 129 Å². The molecule has 0 amide bonds. The molecule has 1 aliphatic carbocycles. The molecule has 2 aliphatic heterocycles. The van der Waals surface area contributed by atoms with Gasteiger partial charge in [0.2, 0.25) is 0 Å². The van der Waals surface area contributed by atoms with E-state index in [4.69, 9.17) is 9.31 Å². The van der Waals surface area contributed by atoms with Crippen molar-refractivity contribution in [2.24, 2.45) is 5.41 Å². The maximum absolute atomic E-state index is 6.15. The smallest absolute Gasteiger partial charge is 0.399 e. The van der Waals surface area contributed by atoms with Crippen LogP contribution in [-0.2, 0) is 9.31 Å². The molecule has 1 saturated heterocycles. The fourth-order valence-corrected chi connectivity index (χ4v) is 3.62. The van der Waals surface area contributed by atoms with E-state index in [0.29, 0.717) is 11.5 Å². The van der Waals surface area contributed by atoms with Gasteiger partial charge in [-0.25, -0.2) is 5.43 Å². The summed E-state index contributed by atoms with van der Waals surface area (Å²) in [6, 6.07) is 0.567. The third-order valence-corrected chi connectivity index (χ3v) is 5.86. The van der Waals surface area contributed by atoms with Gasteiger partial charge in [0.1, 0.15) is 0 Å². The van der Waals surface area contributed by atoms with Gasteiger partial charge < -0.3 is 14.3 Å². The largest absolute Gasteiger partial charge is 0.493 e. The van der Waals surface area contributed by atoms with Crippen molar-refractivity contribution in [3.8, 4) is 0 Å². The molecule has 0 radical (unpaired) electrons. The van der Waals surface area contributed by atoms with Crippen LogP contribution in [-0.4, -0.2) is 35.9 Å². The van der Waals surface area contributed by atoms with E-state index in [0.717, 1.165) is 6.54 Å². The number of nitrogens with zero attached hydrogens (tertiary/aromatic N) is 1. The molecule has 3 aliphatic rings. The molecule has 0 aromatic rings. The molecule has 5 heteroatoms. The van der Waals surface area contributed by atoms with Crippen molar-refractivity contribution < 1.29 is 9.31 Å². The summed E-state index contributed by atoms with van der Waals surface area (Å²) in [5.74, 6) is 0. The van der Waals surface area contributed by atoms with Gasteiger partial charge in [0.05, 0.1) is 11.2 Å². The van der Waals surface area contributed by atoms with Crippen LogP contribution in [0.15, 0.2) is 11.7 Å². The van der Waals surface area contributed by atoms with Crippen LogP contribution in [0.25, 0.3) is 0 Å². The molecule has 1 saturated carbocycles. The first-order valence-electron chi connectivity index (χ1n) is 8.20. The van der Waals surface area contributed by atoms with Crippen LogP contribution >= 0.6 is 0 Å². The standard InChI is InChI=1S/C16H29BN2O2/c1-14(2)9-7-8-13(14)19-11-12(10-18-19)17-20-15(3,4)16(5,6)21-17/h11,13,18H,7-10H2,1-6H3. The van der Waals surface area contributed by atoms with Crippen LogP contribution in [0.5, 0.6) is 0 Å². The lowest BCUT2D eigenvalue weighted by molar-refractivity contribution is 0.00578. The summed E-state index contributed by atoms with van der Waals surface area (Å²) in [5.41, 5.74) is 4.56. The third-order valence-electron chi connectivity index (χ3n) is 5.86. The third kappa shape index (κ3) is 2.53. The van der Waals surface area contributed by atoms with Gasteiger partial charge in [-0.3, -0.25) is 0 Å². The SMILES string of the molecule is CC1(C)CCCC1N1C=C(B2OC(C)(C)C(C)(C)O2)CN1. The van der Waals surface area contributed by atoms with Crippen molar-refractivity contribution >= 4 is 7.12 Å². The molecule has 0 bridgehead atoms. The first-order chi connectivity index (χ1) is 9.62. The molecular weight excluding hydrogens is 263 g/mol. The van der Waals surface area contributed by atoms with E-state index in [2.05, 4.69) is 58.2 Å². The second kappa shape index (κ2) is 4.74. The van der Waals surface area contributed by atoms with Crippen molar-refractivity contribution in [1.82, 2.24) is 10.4 Å². The van der Waals surface area contributed by atoms with Crippen LogP contribution in [0.1, 0.15) is 60.8 Å². The van der Waals surface area contributed by atoms with E-state index < -0.39 is 0 Å². The van der Waals surface area contributed by atoms with E-state index in [-0.39, 0.29) is 18.3 Å². The molecule has 0 aromatic carbocycles. The van der Waals surface area contributed by atoms with Crippen molar-refractivity contribution in [2.45, 2.75) is 78.0 Å². The Balaban J connectivity index is 1.73. The fraction of sp³-hybridized carbons (Fsp3) is 0.875. The number of rotatable bonds is 2. The Morgan fingerprint density at radius 1 is 1.14 bits per heavy atom. The lowest BCUT2D eigenvalue weighted by atomic mass is 9.79. The van der Waals surface area contributed by atoms with Crippen molar-refractivity contribution in [2.75, 3.05) is 6.54 Å². The summed E-state index contributed by atoms with van der Waals surface area (Å²) < 4.78 is 12.3. The first-order valence-corrected chi connectivity index (χ1v) is 8.20. The van der Waals surface area contributed by atoms with Crippen LogP contribution in [0.2, 0.25) is 0 Å². The van der Waals surface area contributed by atoms with Gasteiger partial charge >= 0.3 is 7.12 Å². The zero-order chi connectivity index (χ0) is 15.5. The highest BCUT2D eigenvalue weighted by molar-refractivity contribution is 6.54. The van der Waals surface area contributed by atoms with Gasteiger partial charge in [-0.2, -0.15) is 0 Å². The molecule has 4 nitrogen and oxygen atoms in total. The van der Waals surface area contributed by atoms with Crippen LogP contribution < -0.4 is 5.43 Å². The van der Waals surface area contributed by atoms with Crippen LogP contribution in [0, 0.1) is 5.41 Å². The normalized spacial score (nSPS) is 33.6. The lowest BCUT2D eigenvalue weighted by Crippen LogP contribution is -2.44. The minimum Gasteiger partial charge on any atom is -0.399 e. The molecule has 1 atom stereocenters. The van der Waals surface area contributed by atoms with Gasteiger partial charge in [0, 0.05) is 18.8 Å². The summed E-state index contributed by atoms with van der Waals surface area (Å²) >= 11 is 0. The Bertz CT molecular complexity index is 443. The molecule has 3 rings (SSSR count). The van der Waals surface area contributed by atoms with Gasteiger partial charge in [-0.15, -0.1) is 0 Å². The molecule has 2 heterocycles. The summed E-state index contributed by atoms with van der Waals surface area (Å²) in [6.07, 6.45) is 6.10. The van der Waals surface area contributed by atoms with Crippen LogP contribution in [0.3, 0.4) is 0 Å². The average molecular weight is 292 g/mol. The van der Waals surface area contributed by atoms with Crippen molar-refractivity contribution in [1.29, 1.82) is 0 Å². The highest BCUT2D eigenvalue weighted by Gasteiger charge is 2.53. The molecular formula is C16H29BN2O2. The number of nitrogens with one attached hydrogen (secondary N) is 1. The van der Waals surface area contributed by atoms with Crippen LogP contribution in [0.4, 0.5) is 0 Å². The lowest BCUT2D eigenvalue weighted by Gasteiger charge is -2.34. The molecule has 0 spiro atoms. The molecule has 118 valence electrons. The van der Waals surface area contributed by atoms with Crippen molar-refractivity contribution in [3.63, 3.8) is 0 Å². The molecule has 21 heavy (non-hydrogen) atoms. The van der Waals surface area contributed by atoms with Gasteiger partial charge in [0.25, 0.3) is 0 Å². The van der Waals surface area contributed by atoms with E-state index in [1.807, 2.05) is 0 Å². The molecule has 2 fully saturated rings. The van der Waals surface area contributed by atoms with Crippen molar-refractivity contribution in [3.05, 3.63) is 11.7 Å². The Morgan fingerprint density at radius 2 is 1.76 bits per heavy atom. The summed E-state index contributed by atoms with van der Waals surface area (Å²) in [7, 11) is -0.225. The minimum atomic E-state index is -0.265. The maximum Gasteiger partial charge on any atom is 0.493 e. The maximum atomic E-state index is 6.15. The zero-order valence-corrected chi connectivity index (χ0v) is 14.3. The van der Waals surface area contributed by atoms with E-state index in [1.54, 1.807) is 0 Å². The van der Waals surface area contributed by atoms with E-state index in [9.17, 15) is 0 Å². The highest BCUT2D eigenvalue weighted by atomic mass is 16.7. The Morgan fingerprint density at radius 3 is 2.29 bits per heavy atom. The van der Waals surface area contributed by atoms with Gasteiger partial charge in [-0.05, 0) is 51.4 Å². The quantitative estimate of drug-likeness (QED) is 0.794. The first kappa shape index (κ1) is 15.4. The predicted octanol–water partition coefficient (Wildman–Crippen LogP) is 2.90. The Kier molecular flexibility index (Phi) is 3.47. The molecule has 1 unspecified atom stereocenters. The average Bonchev–Trinajstić information content (AvgIpc) is 2.97. The summed E-state index contributed by atoms with van der Waals surface area (Å²) in [6.45, 7) is 14.0. The second-order valence-corrected chi connectivity index (χ2v) is 8.43. The zero-order valence-electron chi connectivity index (χ0n) is 14.3. The second-order valence-electron chi connectivity index (χ2n) is 8.43. The predicted molar refractivity (Wildman–Crippen MR) is 85.4 cm³/mol. The van der Waals surface area contributed by atoms with E-state index >= 15 is 0 Å². The monoisotopic (exact) mass is 292 g/mol. The number of hydrazine groups is 1. The van der Waals surface area contributed by atoms with Gasteiger partial charge in [0.15, 0.2) is 0 Å². The van der Waals surface area contributed by atoms with E-state index in [1.165, 1.54) is 24.7 Å². The summed E-state index contributed by atoms with van der Waals surface area (Å²) in [5, 5.41) is 2.30. The number of hydrogen-bond donors (Lipinski definition) is 1. The highest BCUT2D eigenvalue weighted by Crippen LogP contribution is 2.42. The molecule has 1 N–H and O–H groups in total. The minimum absolute atomic E-state index is 0.225. The number of hydrogen-bond acceptors (Lipinski definition) is 4. The fourth-order valence-electron chi connectivity index (χ4n) is 3.62. The molecule has 0 aromatic heterocycles.